The van der Waals surface area contributed by atoms with Crippen LogP contribution in [0.5, 0.6) is 0 Å². The summed E-state index contributed by atoms with van der Waals surface area (Å²) in [6.07, 6.45) is 6.82. The zero-order chi connectivity index (χ0) is 25.9. The average molecular weight is 495 g/mol. The SMILES string of the molecule is CCc1ccccc1-c1ccc(C(=O)N2CC[C@@H](NC(=O)c3cc(-c4cnn(C)c4)cnc3N)C2)cc1. The van der Waals surface area contributed by atoms with Crippen molar-refractivity contribution in [1.82, 2.24) is 25.0 Å². The first-order valence-electron chi connectivity index (χ1n) is 12.5. The predicted octanol–water partition coefficient (Wildman–Crippen LogP) is 3.94. The zero-order valence-electron chi connectivity index (χ0n) is 21.0. The van der Waals surface area contributed by atoms with Crippen LogP contribution in [0.2, 0.25) is 0 Å². The molecule has 2 amide bonds. The van der Waals surface area contributed by atoms with Crippen molar-refractivity contribution in [3.05, 3.63) is 89.9 Å². The maximum atomic E-state index is 13.2. The van der Waals surface area contributed by atoms with Crippen molar-refractivity contribution in [2.24, 2.45) is 7.05 Å². The molecule has 8 nitrogen and oxygen atoms in total. The second-order valence-corrected chi connectivity index (χ2v) is 9.36. The normalized spacial score (nSPS) is 15.1. The molecule has 2 aromatic carbocycles. The fraction of sp³-hybridized carbons (Fsp3) is 0.241. The molecule has 3 heterocycles. The first kappa shape index (κ1) is 24.2. The molecular weight excluding hydrogens is 464 g/mol. The van der Waals surface area contributed by atoms with Crippen molar-refractivity contribution < 1.29 is 9.59 Å². The number of carbonyl (C=O) groups excluding carboxylic acids is 2. The van der Waals surface area contributed by atoms with Crippen LogP contribution in [0.1, 0.15) is 39.6 Å². The van der Waals surface area contributed by atoms with E-state index in [1.165, 1.54) is 11.1 Å². The minimum atomic E-state index is -0.297. The molecule has 37 heavy (non-hydrogen) atoms. The lowest BCUT2D eigenvalue weighted by Crippen LogP contribution is -2.38. The number of hydrogen-bond donors (Lipinski definition) is 2. The summed E-state index contributed by atoms with van der Waals surface area (Å²) >= 11 is 0. The molecule has 1 aliphatic rings. The van der Waals surface area contributed by atoms with Gasteiger partial charge in [0.1, 0.15) is 5.82 Å². The van der Waals surface area contributed by atoms with Gasteiger partial charge in [-0.15, -0.1) is 0 Å². The molecule has 1 fully saturated rings. The van der Waals surface area contributed by atoms with Gasteiger partial charge in [-0.3, -0.25) is 14.3 Å². The van der Waals surface area contributed by atoms with Crippen LogP contribution in [-0.4, -0.2) is 50.6 Å². The Morgan fingerprint density at radius 2 is 1.84 bits per heavy atom. The van der Waals surface area contributed by atoms with Crippen LogP contribution >= 0.6 is 0 Å². The molecule has 0 unspecified atom stereocenters. The lowest BCUT2D eigenvalue weighted by molar-refractivity contribution is 0.0783. The Balaban J connectivity index is 1.23. The van der Waals surface area contributed by atoms with Gasteiger partial charge in [0.2, 0.25) is 0 Å². The lowest BCUT2D eigenvalue weighted by atomic mass is 9.97. The fourth-order valence-corrected chi connectivity index (χ4v) is 4.80. The number of aryl methyl sites for hydroxylation is 2. The van der Waals surface area contributed by atoms with Gasteiger partial charge in [-0.2, -0.15) is 5.10 Å². The monoisotopic (exact) mass is 494 g/mol. The van der Waals surface area contributed by atoms with Crippen molar-refractivity contribution in [3.63, 3.8) is 0 Å². The van der Waals surface area contributed by atoms with Crippen LogP contribution in [-0.2, 0) is 13.5 Å². The Kier molecular flexibility index (Phi) is 6.72. The van der Waals surface area contributed by atoms with Gasteiger partial charge in [0.05, 0.1) is 11.8 Å². The molecule has 188 valence electrons. The minimum absolute atomic E-state index is 0.0353. The molecule has 2 aromatic heterocycles. The molecule has 1 aliphatic heterocycles. The van der Waals surface area contributed by atoms with Gasteiger partial charge < -0.3 is 16.0 Å². The smallest absolute Gasteiger partial charge is 0.255 e. The molecule has 1 atom stereocenters. The average Bonchev–Trinajstić information content (AvgIpc) is 3.57. The number of nitrogen functional groups attached to an aromatic ring is 1. The first-order valence-corrected chi connectivity index (χ1v) is 12.5. The predicted molar refractivity (Wildman–Crippen MR) is 144 cm³/mol. The zero-order valence-corrected chi connectivity index (χ0v) is 21.0. The number of carbonyl (C=O) groups is 2. The molecule has 0 saturated carbocycles. The van der Waals surface area contributed by atoms with Gasteiger partial charge in [0, 0.05) is 55.3 Å². The molecule has 1 saturated heterocycles. The Bertz CT molecular complexity index is 1440. The van der Waals surface area contributed by atoms with Crippen molar-refractivity contribution in [3.8, 4) is 22.3 Å². The van der Waals surface area contributed by atoms with Crippen LogP contribution in [0.3, 0.4) is 0 Å². The summed E-state index contributed by atoms with van der Waals surface area (Å²) < 4.78 is 1.69. The molecule has 8 heteroatoms. The fourth-order valence-electron chi connectivity index (χ4n) is 4.80. The number of amides is 2. The number of nitrogens with one attached hydrogen (secondary N) is 1. The summed E-state index contributed by atoms with van der Waals surface area (Å²) in [5.74, 6) is -0.165. The largest absolute Gasteiger partial charge is 0.383 e. The summed E-state index contributed by atoms with van der Waals surface area (Å²) in [5, 5.41) is 7.20. The van der Waals surface area contributed by atoms with E-state index in [9.17, 15) is 9.59 Å². The molecule has 0 bridgehead atoms. The summed E-state index contributed by atoms with van der Waals surface area (Å²) in [4.78, 5) is 32.2. The minimum Gasteiger partial charge on any atom is -0.383 e. The standard InChI is InChI=1S/C29H30N6O2/c1-3-19-6-4-5-7-25(19)20-8-10-21(11-9-20)29(37)35-13-12-24(18-35)33-28(36)26-14-22(15-31-27(26)30)23-16-32-34(2)17-23/h4-11,14-17,24H,3,12-13,18H2,1-2H3,(H2,30,31)(H,33,36)/t24-/m1/s1. The van der Waals surface area contributed by atoms with Crippen molar-refractivity contribution >= 4 is 17.6 Å². The van der Waals surface area contributed by atoms with E-state index >= 15 is 0 Å². The molecule has 4 aromatic rings. The van der Waals surface area contributed by atoms with E-state index in [1.807, 2.05) is 49.6 Å². The third-order valence-electron chi connectivity index (χ3n) is 6.85. The number of aromatic nitrogens is 3. The van der Waals surface area contributed by atoms with E-state index in [-0.39, 0.29) is 23.7 Å². The van der Waals surface area contributed by atoms with Crippen molar-refractivity contribution in [1.29, 1.82) is 0 Å². The Hall–Kier alpha value is -4.46. The molecule has 5 rings (SSSR count). The molecule has 0 spiro atoms. The van der Waals surface area contributed by atoms with E-state index in [0.717, 1.165) is 23.1 Å². The van der Waals surface area contributed by atoms with Crippen molar-refractivity contribution in [2.75, 3.05) is 18.8 Å². The molecular formula is C29H30N6O2. The highest BCUT2D eigenvalue weighted by Crippen LogP contribution is 2.26. The Labute approximate surface area is 216 Å². The van der Waals surface area contributed by atoms with Crippen LogP contribution in [0.4, 0.5) is 5.82 Å². The molecule has 0 radical (unpaired) electrons. The highest BCUT2D eigenvalue weighted by atomic mass is 16.2. The third kappa shape index (κ3) is 5.09. The van der Waals surface area contributed by atoms with E-state index in [4.69, 9.17) is 5.73 Å². The van der Waals surface area contributed by atoms with Crippen LogP contribution in [0.25, 0.3) is 22.3 Å². The maximum absolute atomic E-state index is 13.2. The van der Waals surface area contributed by atoms with Gasteiger partial charge in [-0.25, -0.2) is 4.98 Å². The van der Waals surface area contributed by atoms with Crippen LogP contribution < -0.4 is 11.1 Å². The quantitative estimate of drug-likeness (QED) is 0.422. The maximum Gasteiger partial charge on any atom is 0.255 e. The van der Waals surface area contributed by atoms with Gasteiger partial charge in [0.25, 0.3) is 11.8 Å². The first-order chi connectivity index (χ1) is 17.9. The molecule has 0 aliphatic carbocycles. The summed E-state index contributed by atoms with van der Waals surface area (Å²) in [7, 11) is 1.83. The number of anilines is 1. The topological polar surface area (TPSA) is 106 Å². The van der Waals surface area contributed by atoms with E-state index in [2.05, 4.69) is 34.5 Å². The number of nitrogens with zero attached hydrogens (tertiary/aromatic N) is 4. The third-order valence-corrected chi connectivity index (χ3v) is 6.85. The number of benzene rings is 2. The van der Waals surface area contributed by atoms with Crippen molar-refractivity contribution in [2.45, 2.75) is 25.8 Å². The number of likely N-dealkylation sites (tertiary alicyclic amines) is 1. The summed E-state index contributed by atoms with van der Waals surface area (Å²) in [6.45, 7) is 3.16. The summed E-state index contributed by atoms with van der Waals surface area (Å²) in [5.41, 5.74) is 12.2. The van der Waals surface area contributed by atoms with E-state index in [0.29, 0.717) is 30.6 Å². The highest BCUT2D eigenvalue weighted by molar-refractivity contribution is 6.00. The Morgan fingerprint density at radius 3 is 2.57 bits per heavy atom. The van der Waals surface area contributed by atoms with E-state index < -0.39 is 0 Å². The number of rotatable bonds is 6. The number of pyridine rings is 1. The van der Waals surface area contributed by atoms with Crippen LogP contribution in [0.15, 0.2) is 73.2 Å². The van der Waals surface area contributed by atoms with Crippen LogP contribution in [0, 0.1) is 0 Å². The molecule has 3 N–H and O–H groups in total. The lowest BCUT2D eigenvalue weighted by Gasteiger charge is -2.18. The number of nitrogens with two attached hydrogens (primary N) is 1. The van der Waals surface area contributed by atoms with Gasteiger partial charge in [-0.1, -0.05) is 43.3 Å². The Morgan fingerprint density at radius 1 is 1.05 bits per heavy atom. The highest BCUT2D eigenvalue weighted by Gasteiger charge is 2.29. The van der Waals surface area contributed by atoms with E-state index in [1.54, 1.807) is 28.0 Å². The second-order valence-electron chi connectivity index (χ2n) is 9.36. The second kappa shape index (κ2) is 10.3. The van der Waals surface area contributed by atoms with Gasteiger partial charge >= 0.3 is 0 Å². The van der Waals surface area contributed by atoms with Gasteiger partial charge in [-0.05, 0) is 47.7 Å². The summed E-state index contributed by atoms with van der Waals surface area (Å²) in [6, 6.07) is 17.7. The number of hydrogen-bond acceptors (Lipinski definition) is 5. The van der Waals surface area contributed by atoms with Gasteiger partial charge in [0.15, 0.2) is 0 Å².